The van der Waals surface area contributed by atoms with Crippen LogP contribution in [0.4, 0.5) is 11.4 Å². The second-order valence-corrected chi connectivity index (χ2v) is 9.97. The number of fused-ring (bicyclic) bond motifs is 1. The average molecular weight is 514 g/mol. The summed E-state index contributed by atoms with van der Waals surface area (Å²) < 4.78 is 0. The van der Waals surface area contributed by atoms with E-state index in [9.17, 15) is 19.5 Å². The lowest BCUT2D eigenvalue weighted by Crippen LogP contribution is -2.43. The summed E-state index contributed by atoms with van der Waals surface area (Å²) >= 11 is 0. The van der Waals surface area contributed by atoms with Gasteiger partial charge in [0.05, 0.1) is 16.8 Å². The number of carboxylic acids is 1. The van der Waals surface area contributed by atoms with Crippen molar-refractivity contribution in [1.29, 1.82) is 0 Å². The monoisotopic (exact) mass is 513 g/mol. The highest BCUT2D eigenvalue weighted by Gasteiger charge is 2.26. The number of carbonyl (C=O) groups is 3. The molecule has 2 aliphatic heterocycles. The van der Waals surface area contributed by atoms with Crippen LogP contribution in [-0.4, -0.2) is 70.9 Å². The first-order valence-electron chi connectivity index (χ1n) is 12.6. The molecule has 0 radical (unpaired) electrons. The summed E-state index contributed by atoms with van der Waals surface area (Å²) in [7, 11) is 2.14. The Bertz CT molecular complexity index is 1450. The third-order valence-electron chi connectivity index (χ3n) is 7.26. The normalized spacial score (nSPS) is 16.9. The number of benzene rings is 2. The Morgan fingerprint density at radius 3 is 2.42 bits per heavy atom. The van der Waals surface area contributed by atoms with Crippen molar-refractivity contribution >= 4 is 40.8 Å². The zero-order valence-electron chi connectivity index (χ0n) is 21.7. The van der Waals surface area contributed by atoms with Crippen LogP contribution < -0.4 is 10.6 Å². The zero-order valence-corrected chi connectivity index (χ0v) is 21.7. The third kappa shape index (κ3) is 5.11. The van der Waals surface area contributed by atoms with Gasteiger partial charge in [0, 0.05) is 60.9 Å². The number of aryl methyl sites for hydroxylation is 1. The van der Waals surface area contributed by atoms with Gasteiger partial charge in [0.15, 0.2) is 0 Å². The van der Waals surface area contributed by atoms with Crippen LogP contribution in [0.3, 0.4) is 0 Å². The molecule has 1 fully saturated rings. The van der Waals surface area contributed by atoms with Gasteiger partial charge in [-0.25, -0.2) is 4.79 Å². The zero-order chi connectivity index (χ0) is 27.0. The molecule has 196 valence electrons. The average Bonchev–Trinajstić information content (AvgIpc) is 3.34. The predicted octanol–water partition coefficient (Wildman–Crippen LogP) is 3.82. The predicted molar refractivity (Wildman–Crippen MR) is 147 cm³/mol. The van der Waals surface area contributed by atoms with Crippen molar-refractivity contribution in [1.82, 2.24) is 14.8 Å². The lowest BCUT2D eigenvalue weighted by atomic mass is 10.0. The van der Waals surface area contributed by atoms with Gasteiger partial charge in [-0.15, -0.1) is 0 Å². The van der Waals surface area contributed by atoms with Crippen LogP contribution in [0.5, 0.6) is 0 Å². The van der Waals surface area contributed by atoms with Gasteiger partial charge in [-0.1, -0.05) is 18.2 Å². The number of likely N-dealkylation sites (N-methyl/N-ethyl adjacent to an activating group) is 1. The maximum atomic E-state index is 12.9. The van der Waals surface area contributed by atoms with Gasteiger partial charge in [0.1, 0.15) is 0 Å². The highest BCUT2D eigenvalue weighted by Crippen LogP contribution is 2.36. The molecule has 1 saturated heterocycles. The van der Waals surface area contributed by atoms with E-state index in [1.807, 2.05) is 24.3 Å². The summed E-state index contributed by atoms with van der Waals surface area (Å²) in [5.74, 6) is -1.53. The van der Waals surface area contributed by atoms with E-state index < -0.39 is 5.97 Å². The van der Waals surface area contributed by atoms with Crippen LogP contribution in [0.1, 0.15) is 48.8 Å². The molecule has 2 aromatic carbocycles. The van der Waals surface area contributed by atoms with Crippen molar-refractivity contribution in [2.45, 2.75) is 20.4 Å². The van der Waals surface area contributed by atoms with Gasteiger partial charge >= 0.3 is 5.97 Å². The number of aromatic nitrogens is 1. The minimum Gasteiger partial charge on any atom is -0.478 e. The quantitative estimate of drug-likeness (QED) is 0.372. The molecule has 38 heavy (non-hydrogen) atoms. The molecule has 3 aromatic rings. The number of nitrogens with zero attached hydrogens (tertiary/aromatic N) is 2. The molecule has 2 aliphatic rings. The molecule has 0 aliphatic carbocycles. The molecular weight excluding hydrogens is 482 g/mol. The molecular formula is C29H31N5O4. The second-order valence-electron chi connectivity index (χ2n) is 9.97. The number of aromatic carboxylic acids is 1. The SMILES string of the molecule is Cc1[nH]c(/C=C2\C(=O)Nc3cc(NC(=O)c4ccc(CN5CCN(C)CC5)cc4)ccc32)c(C)c1C(=O)O. The minimum atomic E-state index is -1.01. The number of amides is 2. The van der Waals surface area contributed by atoms with E-state index in [0.29, 0.717) is 45.0 Å². The molecule has 1 aromatic heterocycles. The Morgan fingerprint density at radius 2 is 1.76 bits per heavy atom. The smallest absolute Gasteiger partial charge is 0.337 e. The van der Waals surface area contributed by atoms with Gasteiger partial charge < -0.3 is 25.6 Å². The fourth-order valence-electron chi connectivity index (χ4n) is 5.03. The number of nitrogens with one attached hydrogen (secondary N) is 3. The highest BCUT2D eigenvalue weighted by atomic mass is 16.4. The van der Waals surface area contributed by atoms with E-state index in [1.165, 1.54) is 5.56 Å². The second kappa shape index (κ2) is 10.3. The van der Waals surface area contributed by atoms with Crippen molar-refractivity contribution in [2.75, 3.05) is 43.9 Å². The largest absolute Gasteiger partial charge is 0.478 e. The maximum absolute atomic E-state index is 12.9. The van der Waals surface area contributed by atoms with Crippen LogP contribution in [0, 0.1) is 13.8 Å². The third-order valence-corrected chi connectivity index (χ3v) is 7.26. The summed E-state index contributed by atoms with van der Waals surface area (Å²) in [4.78, 5) is 44.9. The topological polar surface area (TPSA) is 118 Å². The van der Waals surface area contributed by atoms with E-state index in [2.05, 4.69) is 32.5 Å². The Hall–Kier alpha value is -4.21. The first-order valence-corrected chi connectivity index (χ1v) is 12.6. The standard InChI is InChI=1S/C29H31N5O4/c1-17-24(30-18(2)26(17)29(37)38)15-23-22-9-8-21(14-25(22)32-28(23)36)31-27(35)20-6-4-19(5-7-20)16-34-12-10-33(3)11-13-34/h4-9,14-15,30H,10-13,16H2,1-3H3,(H,31,35)(H,32,36)(H,37,38)/b23-15-. The molecule has 0 bridgehead atoms. The van der Waals surface area contributed by atoms with E-state index in [1.54, 1.807) is 38.1 Å². The van der Waals surface area contributed by atoms with Crippen molar-refractivity contribution < 1.29 is 19.5 Å². The van der Waals surface area contributed by atoms with Crippen LogP contribution >= 0.6 is 0 Å². The number of piperazine rings is 1. The lowest BCUT2D eigenvalue weighted by Gasteiger charge is -2.32. The molecule has 0 unspecified atom stereocenters. The number of carboxylic acid groups (broad SMARTS) is 1. The Kier molecular flexibility index (Phi) is 6.88. The highest BCUT2D eigenvalue weighted by molar-refractivity contribution is 6.35. The first kappa shape index (κ1) is 25.4. The van der Waals surface area contributed by atoms with Gasteiger partial charge in [-0.2, -0.15) is 0 Å². The molecule has 0 atom stereocenters. The van der Waals surface area contributed by atoms with Gasteiger partial charge in [-0.3, -0.25) is 14.5 Å². The Balaban J connectivity index is 1.28. The lowest BCUT2D eigenvalue weighted by molar-refractivity contribution is -0.110. The first-order chi connectivity index (χ1) is 18.2. The number of anilines is 2. The van der Waals surface area contributed by atoms with E-state index in [-0.39, 0.29) is 17.4 Å². The maximum Gasteiger partial charge on any atom is 0.337 e. The van der Waals surface area contributed by atoms with Crippen molar-refractivity contribution in [3.8, 4) is 0 Å². The van der Waals surface area contributed by atoms with Gasteiger partial charge in [-0.05, 0) is 62.4 Å². The van der Waals surface area contributed by atoms with E-state index in [0.717, 1.165) is 32.7 Å². The van der Waals surface area contributed by atoms with Crippen molar-refractivity contribution in [3.63, 3.8) is 0 Å². The number of H-pyrrole nitrogens is 1. The summed E-state index contributed by atoms with van der Waals surface area (Å²) in [5.41, 5.74) is 5.88. The molecule has 9 heteroatoms. The fourth-order valence-corrected chi connectivity index (χ4v) is 5.03. The van der Waals surface area contributed by atoms with E-state index >= 15 is 0 Å². The van der Waals surface area contributed by atoms with Crippen LogP contribution in [-0.2, 0) is 11.3 Å². The van der Waals surface area contributed by atoms with Crippen molar-refractivity contribution in [3.05, 3.63) is 81.7 Å². The molecule has 3 heterocycles. The molecule has 4 N–H and O–H groups in total. The van der Waals surface area contributed by atoms with Gasteiger partial charge in [0.25, 0.3) is 11.8 Å². The molecule has 9 nitrogen and oxygen atoms in total. The van der Waals surface area contributed by atoms with Crippen molar-refractivity contribution in [2.24, 2.45) is 0 Å². The molecule has 0 spiro atoms. The summed E-state index contributed by atoms with van der Waals surface area (Å²) in [5, 5.41) is 15.2. The summed E-state index contributed by atoms with van der Waals surface area (Å²) in [6.45, 7) is 8.49. The Labute approximate surface area is 221 Å². The van der Waals surface area contributed by atoms with Crippen LogP contribution in [0.25, 0.3) is 11.6 Å². The number of hydrogen-bond acceptors (Lipinski definition) is 5. The molecule has 5 rings (SSSR count). The number of carbonyl (C=O) groups excluding carboxylic acids is 2. The van der Waals surface area contributed by atoms with Gasteiger partial charge in [0.2, 0.25) is 0 Å². The number of rotatable bonds is 6. The van der Waals surface area contributed by atoms with Crippen LogP contribution in [0.15, 0.2) is 42.5 Å². The number of hydrogen-bond donors (Lipinski definition) is 4. The van der Waals surface area contributed by atoms with Crippen LogP contribution in [0.2, 0.25) is 0 Å². The number of aromatic amines is 1. The fraction of sp³-hybridized carbons (Fsp3) is 0.276. The molecule has 2 amide bonds. The Morgan fingerprint density at radius 1 is 1.05 bits per heavy atom. The summed E-state index contributed by atoms with van der Waals surface area (Å²) in [6.07, 6.45) is 1.66. The summed E-state index contributed by atoms with van der Waals surface area (Å²) in [6, 6.07) is 12.9. The minimum absolute atomic E-state index is 0.209. The van der Waals surface area contributed by atoms with E-state index in [4.69, 9.17) is 0 Å². The molecule has 0 saturated carbocycles.